The van der Waals surface area contributed by atoms with Crippen LogP contribution < -0.4 is 5.56 Å². The first-order chi connectivity index (χ1) is 13.5. The van der Waals surface area contributed by atoms with Crippen LogP contribution in [0.1, 0.15) is 43.7 Å². The number of rotatable bonds is 8. The van der Waals surface area contributed by atoms with Crippen molar-refractivity contribution in [3.05, 3.63) is 51.4 Å². The fraction of sp³-hybridized carbons (Fsp3) is 0.409. The van der Waals surface area contributed by atoms with Crippen LogP contribution in [-0.2, 0) is 16.1 Å². The average molecular weight is 399 g/mol. The molecule has 0 unspecified atom stereocenters. The van der Waals surface area contributed by atoms with Crippen molar-refractivity contribution in [2.45, 2.75) is 53.0 Å². The van der Waals surface area contributed by atoms with Crippen LogP contribution in [0, 0.1) is 13.8 Å². The second kappa shape index (κ2) is 9.15. The maximum atomic E-state index is 13.0. The van der Waals surface area contributed by atoms with E-state index in [-0.39, 0.29) is 12.1 Å². The van der Waals surface area contributed by atoms with Gasteiger partial charge in [-0.15, -0.1) is 11.3 Å². The van der Waals surface area contributed by atoms with Crippen LogP contribution in [0.4, 0.5) is 0 Å². The quantitative estimate of drug-likeness (QED) is 0.401. The van der Waals surface area contributed by atoms with E-state index in [2.05, 4.69) is 18.0 Å². The van der Waals surface area contributed by atoms with Crippen LogP contribution in [0.25, 0.3) is 21.3 Å². The third-order valence-corrected chi connectivity index (χ3v) is 5.68. The van der Waals surface area contributed by atoms with Crippen LogP contribution in [0.3, 0.4) is 0 Å². The third-order valence-electron chi connectivity index (χ3n) is 4.79. The molecule has 0 bridgehead atoms. The maximum Gasteiger partial charge on any atom is 0.326 e. The highest BCUT2D eigenvalue weighted by molar-refractivity contribution is 7.17. The van der Waals surface area contributed by atoms with Crippen LogP contribution in [0.2, 0.25) is 0 Å². The Morgan fingerprint density at radius 2 is 2.00 bits per heavy atom. The topological polar surface area (TPSA) is 61.2 Å². The van der Waals surface area contributed by atoms with Gasteiger partial charge in [0.05, 0.1) is 18.3 Å². The van der Waals surface area contributed by atoms with E-state index in [4.69, 9.17) is 4.74 Å². The van der Waals surface area contributed by atoms with E-state index in [1.807, 2.05) is 31.4 Å². The van der Waals surface area contributed by atoms with Crippen LogP contribution in [0.15, 0.2) is 34.7 Å². The summed E-state index contributed by atoms with van der Waals surface area (Å²) in [6, 6.07) is 6.17. The van der Waals surface area contributed by atoms with E-state index in [0.29, 0.717) is 16.8 Å². The number of carbonyl (C=O) groups excluding carboxylic acids is 1. The van der Waals surface area contributed by atoms with Crippen molar-refractivity contribution in [3.8, 4) is 11.1 Å². The number of fused-ring (bicyclic) bond motifs is 1. The first-order valence-corrected chi connectivity index (χ1v) is 10.6. The van der Waals surface area contributed by atoms with Gasteiger partial charge in [-0.25, -0.2) is 4.98 Å². The van der Waals surface area contributed by atoms with Crippen molar-refractivity contribution in [1.82, 2.24) is 9.55 Å². The third kappa shape index (κ3) is 4.50. The second-order valence-corrected chi connectivity index (χ2v) is 7.96. The lowest BCUT2D eigenvalue weighted by molar-refractivity contribution is -0.144. The number of ether oxygens (including phenoxy) is 1. The monoisotopic (exact) mass is 398 g/mol. The number of thiophene rings is 1. The highest BCUT2D eigenvalue weighted by atomic mass is 32.1. The number of aryl methyl sites for hydroxylation is 2. The van der Waals surface area contributed by atoms with E-state index < -0.39 is 5.97 Å². The number of unbranched alkanes of at least 4 members (excludes halogenated alkanes) is 3. The molecule has 0 saturated carbocycles. The summed E-state index contributed by atoms with van der Waals surface area (Å²) >= 11 is 1.44. The molecule has 0 amide bonds. The Bertz CT molecular complexity index is 1040. The van der Waals surface area contributed by atoms with Gasteiger partial charge in [0.25, 0.3) is 5.56 Å². The number of hydrogen-bond acceptors (Lipinski definition) is 5. The molecule has 0 radical (unpaired) electrons. The molecule has 3 aromatic rings. The normalized spacial score (nSPS) is 11.1. The molecular weight excluding hydrogens is 372 g/mol. The number of carbonyl (C=O) groups is 1. The molecule has 2 aromatic heterocycles. The lowest BCUT2D eigenvalue weighted by Gasteiger charge is -2.08. The first kappa shape index (κ1) is 20.3. The van der Waals surface area contributed by atoms with Gasteiger partial charge >= 0.3 is 5.97 Å². The molecule has 0 N–H and O–H groups in total. The summed E-state index contributed by atoms with van der Waals surface area (Å²) in [6.07, 6.45) is 5.61. The molecule has 0 fully saturated rings. The van der Waals surface area contributed by atoms with Crippen LogP contribution in [0.5, 0.6) is 0 Å². The fourth-order valence-electron chi connectivity index (χ4n) is 3.29. The minimum Gasteiger partial charge on any atom is -0.464 e. The van der Waals surface area contributed by atoms with Gasteiger partial charge in [0.1, 0.15) is 11.4 Å². The molecule has 1 aromatic carbocycles. The zero-order valence-electron chi connectivity index (χ0n) is 16.7. The van der Waals surface area contributed by atoms with Gasteiger partial charge in [0, 0.05) is 10.9 Å². The number of benzene rings is 1. The van der Waals surface area contributed by atoms with Crippen molar-refractivity contribution in [3.63, 3.8) is 0 Å². The van der Waals surface area contributed by atoms with E-state index >= 15 is 0 Å². The van der Waals surface area contributed by atoms with Gasteiger partial charge in [-0.3, -0.25) is 14.2 Å². The lowest BCUT2D eigenvalue weighted by Crippen LogP contribution is -2.25. The van der Waals surface area contributed by atoms with Crippen molar-refractivity contribution in [2.24, 2.45) is 0 Å². The Hall–Kier alpha value is -2.47. The summed E-state index contributed by atoms with van der Waals surface area (Å²) in [4.78, 5) is 30.2. The Labute approximate surface area is 169 Å². The molecule has 0 aliphatic rings. The fourth-order valence-corrected chi connectivity index (χ4v) is 4.19. The predicted octanol–water partition coefficient (Wildman–Crippen LogP) is 4.87. The minimum absolute atomic E-state index is 0.113. The van der Waals surface area contributed by atoms with Gasteiger partial charge in [0.15, 0.2) is 0 Å². The molecule has 5 nitrogen and oxygen atoms in total. The first-order valence-electron chi connectivity index (χ1n) is 9.71. The zero-order chi connectivity index (χ0) is 20.1. The highest BCUT2D eigenvalue weighted by Gasteiger charge is 2.16. The Morgan fingerprint density at radius 3 is 2.75 bits per heavy atom. The summed E-state index contributed by atoms with van der Waals surface area (Å²) in [5, 5.41) is 2.53. The standard InChI is InChI=1S/C22H26N2O3S/c1-4-5-6-7-10-27-19(25)12-24-14-23-21-20(22(24)26)18(13-28-21)17-9-8-15(2)11-16(17)3/h8-9,11,13-14H,4-7,10,12H2,1-3H3. The molecule has 6 heteroatoms. The molecule has 0 spiro atoms. The molecule has 148 valence electrons. The Balaban J connectivity index is 1.83. The summed E-state index contributed by atoms with van der Waals surface area (Å²) < 4.78 is 6.61. The zero-order valence-corrected chi connectivity index (χ0v) is 17.5. The Kier molecular flexibility index (Phi) is 6.62. The van der Waals surface area contributed by atoms with E-state index in [9.17, 15) is 9.59 Å². The lowest BCUT2D eigenvalue weighted by atomic mass is 9.99. The number of hydrogen-bond donors (Lipinski definition) is 0. The van der Waals surface area contributed by atoms with E-state index in [0.717, 1.165) is 42.4 Å². The van der Waals surface area contributed by atoms with Crippen LogP contribution >= 0.6 is 11.3 Å². The maximum absolute atomic E-state index is 13.0. The summed E-state index contributed by atoms with van der Waals surface area (Å²) in [7, 11) is 0. The van der Waals surface area contributed by atoms with E-state index in [1.165, 1.54) is 27.8 Å². The number of aromatic nitrogens is 2. The van der Waals surface area contributed by atoms with Crippen molar-refractivity contribution in [1.29, 1.82) is 0 Å². The summed E-state index contributed by atoms with van der Waals surface area (Å²) in [5.74, 6) is -0.400. The molecular formula is C22H26N2O3S. The SMILES string of the molecule is CCCCCCOC(=O)Cn1cnc2scc(-c3ccc(C)cc3C)c2c1=O. The molecule has 0 atom stereocenters. The average Bonchev–Trinajstić information content (AvgIpc) is 3.08. The van der Waals surface area contributed by atoms with Gasteiger partial charge in [-0.2, -0.15) is 0 Å². The molecule has 2 heterocycles. The van der Waals surface area contributed by atoms with Crippen molar-refractivity contribution >= 4 is 27.5 Å². The van der Waals surface area contributed by atoms with Crippen LogP contribution in [-0.4, -0.2) is 22.1 Å². The molecule has 0 saturated heterocycles. The van der Waals surface area contributed by atoms with Gasteiger partial charge in [-0.05, 0) is 31.4 Å². The minimum atomic E-state index is -0.400. The molecule has 28 heavy (non-hydrogen) atoms. The highest BCUT2D eigenvalue weighted by Crippen LogP contribution is 2.32. The number of esters is 1. The van der Waals surface area contributed by atoms with Gasteiger partial charge < -0.3 is 4.74 Å². The smallest absolute Gasteiger partial charge is 0.326 e. The predicted molar refractivity (Wildman–Crippen MR) is 114 cm³/mol. The summed E-state index contributed by atoms with van der Waals surface area (Å²) in [5.41, 5.74) is 3.98. The Morgan fingerprint density at radius 1 is 1.18 bits per heavy atom. The second-order valence-electron chi connectivity index (χ2n) is 7.11. The van der Waals surface area contributed by atoms with E-state index in [1.54, 1.807) is 0 Å². The summed E-state index contributed by atoms with van der Waals surface area (Å²) in [6.45, 7) is 6.51. The van der Waals surface area contributed by atoms with Gasteiger partial charge in [-0.1, -0.05) is 49.9 Å². The van der Waals surface area contributed by atoms with Gasteiger partial charge in [0.2, 0.25) is 0 Å². The number of nitrogens with zero attached hydrogens (tertiary/aromatic N) is 2. The van der Waals surface area contributed by atoms with Crippen molar-refractivity contribution in [2.75, 3.05) is 6.61 Å². The molecule has 0 aliphatic heterocycles. The van der Waals surface area contributed by atoms with Crippen molar-refractivity contribution < 1.29 is 9.53 Å². The largest absolute Gasteiger partial charge is 0.464 e. The molecule has 0 aliphatic carbocycles. The molecule has 3 rings (SSSR count).